The Balaban J connectivity index is 1.78. The summed E-state index contributed by atoms with van der Waals surface area (Å²) >= 11 is 0. The van der Waals surface area contributed by atoms with Crippen molar-refractivity contribution in [1.29, 1.82) is 0 Å². The first-order chi connectivity index (χ1) is 11.1. The number of nitrogens with zero attached hydrogens (tertiary/aromatic N) is 3. The fourth-order valence-electron chi connectivity index (χ4n) is 4.34. The monoisotopic (exact) mass is 315 g/mol. The van der Waals surface area contributed by atoms with Crippen molar-refractivity contribution in [2.75, 3.05) is 13.1 Å². The Kier molecular flexibility index (Phi) is 3.19. The Hall–Kier alpha value is -2.28. The van der Waals surface area contributed by atoms with Gasteiger partial charge in [-0.05, 0) is 5.56 Å². The number of nitro benzene ring substituents is 1. The highest BCUT2D eigenvalue weighted by atomic mass is 16.6. The number of fused-ring (bicyclic) bond motifs is 2. The van der Waals surface area contributed by atoms with Gasteiger partial charge in [0.05, 0.1) is 18.0 Å². The van der Waals surface area contributed by atoms with Crippen molar-refractivity contribution in [1.82, 2.24) is 5.01 Å². The Morgan fingerprint density at radius 3 is 2.78 bits per heavy atom. The van der Waals surface area contributed by atoms with Gasteiger partial charge in [-0.3, -0.25) is 14.9 Å². The van der Waals surface area contributed by atoms with E-state index in [1.54, 1.807) is 17.1 Å². The molecule has 1 aromatic rings. The van der Waals surface area contributed by atoms with Gasteiger partial charge >= 0.3 is 0 Å². The maximum atomic E-state index is 12.1. The van der Waals surface area contributed by atoms with Gasteiger partial charge in [-0.2, -0.15) is 5.10 Å². The quantitative estimate of drug-likeness (QED) is 0.638. The van der Waals surface area contributed by atoms with Crippen molar-refractivity contribution in [3.05, 3.63) is 39.9 Å². The molecule has 0 saturated carbocycles. The Morgan fingerprint density at radius 2 is 2.13 bits per heavy atom. The third kappa shape index (κ3) is 2.15. The molecule has 5 rings (SSSR count). The molecule has 4 aliphatic rings. The Labute approximate surface area is 133 Å². The molecule has 0 unspecified atom stereocenters. The highest BCUT2D eigenvalue weighted by Crippen LogP contribution is 2.37. The number of amides is 1. The molecule has 4 aliphatic heterocycles. The molecule has 7 nitrogen and oxygen atoms in total. The number of carbonyl (C=O) groups is 1. The van der Waals surface area contributed by atoms with Crippen LogP contribution < -0.4 is 4.90 Å². The molecule has 23 heavy (non-hydrogen) atoms. The van der Waals surface area contributed by atoms with Gasteiger partial charge in [0.25, 0.3) is 5.69 Å². The van der Waals surface area contributed by atoms with E-state index in [9.17, 15) is 14.9 Å². The summed E-state index contributed by atoms with van der Waals surface area (Å²) in [6, 6.07) is 6.55. The summed E-state index contributed by atoms with van der Waals surface area (Å²) in [5.41, 5.74) is 1.98. The summed E-state index contributed by atoms with van der Waals surface area (Å²) in [5, 5.41) is 17.3. The first-order valence-corrected chi connectivity index (χ1v) is 8.03. The lowest BCUT2D eigenvalue weighted by molar-refractivity contribution is -0.927. The standard InChI is InChI=1S/C16H18N4O3/c1-10(21)19-15(12-3-2-4-13(9-12)20(22)23)16-14(17-19)11-5-7-18(16)8-6-11/h2-4,9,11,15-16H,5-8H2,1H3/p+1/t15-,16-/m0/s1. The van der Waals surface area contributed by atoms with Crippen LogP contribution in [0.15, 0.2) is 29.4 Å². The lowest BCUT2D eigenvalue weighted by Gasteiger charge is -2.42. The molecule has 0 aromatic heterocycles. The second-order valence-electron chi connectivity index (χ2n) is 6.60. The summed E-state index contributed by atoms with van der Waals surface area (Å²) in [5.74, 6) is 0.353. The normalized spacial score (nSPS) is 31.7. The topological polar surface area (TPSA) is 80.2 Å². The molecule has 3 saturated heterocycles. The molecule has 0 radical (unpaired) electrons. The number of nitro groups is 1. The molecule has 3 fully saturated rings. The largest absolute Gasteiger partial charge is 0.326 e. The van der Waals surface area contributed by atoms with Crippen LogP contribution in [0.25, 0.3) is 0 Å². The van der Waals surface area contributed by atoms with E-state index in [1.807, 2.05) is 6.07 Å². The van der Waals surface area contributed by atoms with Crippen LogP contribution in [0.3, 0.4) is 0 Å². The van der Waals surface area contributed by atoms with Crippen LogP contribution >= 0.6 is 0 Å². The van der Waals surface area contributed by atoms with E-state index in [-0.39, 0.29) is 23.7 Å². The molecule has 1 N–H and O–H groups in total. The minimum absolute atomic E-state index is 0.0606. The molecule has 120 valence electrons. The molecule has 0 aliphatic carbocycles. The van der Waals surface area contributed by atoms with E-state index in [1.165, 1.54) is 17.9 Å². The van der Waals surface area contributed by atoms with E-state index in [0.717, 1.165) is 37.2 Å². The average Bonchev–Trinajstić information content (AvgIpc) is 2.99. The van der Waals surface area contributed by atoms with Gasteiger partial charge in [0, 0.05) is 37.8 Å². The second kappa shape index (κ2) is 5.13. The first-order valence-electron chi connectivity index (χ1n) is 8.03. The number of hydrogen-bond acceptors (Lipinski definition) is 4. The third-order valence-corrected chi connectivity index (χ3v) is 5.35. The molecule has 1 aromatic carbocycles. The highest BCUT2D eigenvalue weighted by molar-refractivity contribution is 5.95. The fraction of sp³-hybridized carbons (Fsp3) is 0.500. The predicted octanol–water partition coefficient (Wildman–Crippen LogP) is 0.531. The summed E-state index contributed by atoms with van der Waals surface area (Å²) in [4.78, 5) is 24.2. The summed E-state index contributed by atoms with van der Waals surface area (Å²) in [7, 11) is 0. The average molecular weight is 315 g/mol. The van der Waals surface area contributed by atoms with Gasteiger partial charge in [-0.1, -0.05) is 12.1 Å². The number of non-ortho nitro benzene ring substituents is 1. The van der Waals surface area contributed by atoms with Gasteiger partial charge in [0.2, 0.25) is 5.91 Å². The first kappa shape index (κ1) is 14.3. The number of nitrogens with one attached hydrogen (secondary N) is 1. The molecular weight excluding hydrogens is 296 g/mol. The third-order valence-electron chi connectivity index (χ3n) is 5.35. The smallest absolute Gasteiger partial charge is 0.269 e. The molecule has 4 heterocycles. The minimum atomic E-state index is -0.390. The number of piperidine rings is 3. The van der Waals surface area contributed by atoms with Crippen LogP contribution in [0.4, 0.5) is 5.69 Å². The van der Waals surface area contributed by atoms with Crippen LogP contribution in [0.5, 0.6) is 0 Å². The number of quaternary nitrogens is 1. The van der Waals surface area contributed by atoms with Gasteiger partial charge in [-0.15, -0.1) is 0 Å². The lowest BCUT2D eigenvalue weighted by Crippen LogP contribution is -3.20. The van der Waals surface area contributed by atoms with E-state index >= 15 is 0 Å². The van der Waals surface area contributed by atoms with Gasteiger partial charge < -0.3 is 4.90 Å². The lowest BCUT2D eigenvalue weighted by atomic mass is 9.78. The number of hydrogen-bond donors (Lipinski definition) is 1. The van der Waals surface area contributed by atoms with Crippen LogP contribution in [0, 0.1) is 16.0 Å². The van der Waals surface area contributed by atoms with E-state index in [4.69, 9.17) is 0 Å². The van der Waals surface area contributed by atoms with E-state index in [0.29, 0.717) is 5.92 Å². The van der Waals surface area contributed by atoms with Crippen LogP contribution in [-0.2, 0) is 4.79 Å². The molecule has 7 heteroatoms. The van der Waals surface area contributed by atoms with Crippen LogP contribution in [0.1, 0.15) is 31.4 Å². The maximum Gasteiger partial charge on any atom is 0.269 e. The Morgan fingerprint density at radius 1 is 1.39 bits per heavy atom. The predicted molar refractivity (Wildman–Crippen MR) is 83.0 cm³/mol. The van der Waals surface area contributed by atoms with Crippen molar-refractivity contribution in [2.24, 2.45) is 11.0 Å². The van der Waals surface area contributed by atoms with Gasteiger partial charge in [0.1, 0.15) is 11.8 Å². The summed E-state index contributed by atoms with van der Waals surface area (Å²) in [6.07, 6.45) is 2.25. The zero-order chi connectivity index (χ0) is 16.1. The Bertz CT molecular complexity index is 709. The van der Waals surface area contributed by atoms with Crippen molar-refractivity contribution < 1.29 is 14.6 Å². The molecule has 2 bridgehead atoms. The number of benzene rings is 1. The molecular formula is C16H19N4O3+. The van der Waals surface area contributed by atoms with Crippen molar-refractivity contribution >= 4 is 17.3 Å². The molecule has 1 amide bonds. The summed E-state index contributed by atoms with van der Waals surface area (Å²) < 4.78 is 0. The van der Waals surface area contributed by atoms with Gasteiger partial charge in [-0.25, -0.2) is 5.01 Å². The van der Waals surface area contributed by atoms with Crippen LogP contribution in [0.2, 0.25) is 0 Å². The zero-order valence-corrected chi connectivity index (χ0v) is 12.9. The number of hydrazone groups is 1. The van der Waals surface area contributed by atoms with Crippen molar-refractivity contribution in [3.8, 4) is 0 Å². The van der Waals surface area contributed by atoms with Crippen molar-refractivity contribution in [3.63, 3.8) is 0 Å². The number of carbonyl (C=O) groups excluding carboxylic acids is 1. The second-order valence-corrected chi connectivity index (χ2v) is 6.60. The van der Waals surface area contributed by atoms with E-state index < -0.39 is 4.92 Å². The zero-order valence-electron chi connectivity index (χ0n) is 12.9. The minimum Gasteiger partial charge on any atom is -0.326 e. The summed E-state index contributed by atoms with van der Waals surface area (Å²) in [6.45, 7) is 3.69. The van der Waals surface area contributed by atoms with Crippen LogP contribution in [-0.4, -0.2) is 40.7 Å². The SMILES string of the molecule is CC(=O)N1N=C2C3CC[NH+](CC3)[C@@H]2[C@@H]1c1cccc([N+](=O)[O-])c1. The molecule has 2 atom stereocenters. The van der Waals surface area contributed by atoms with Crippen molar-refractivity contribution in [2.45, 2.75) is 31.8 Å². The molecule has 0 spiro atoms. The van der Waals surface area contributed by atoms with E-state index in [2.05, 4.69) is 5.10 Å². The highest BCUT2D eigenvalue weighted by Gasteiger charge is 2.54. The number of rotatable bonds is 2. The fourth-order valence-corrected chi connectivity index (χ4v) is 4.34. The van der Waals surface area contributed by atoms with Gasteiger partial charge in [0.15, 0.2) is 6.04 Å². The maximum absolute atomic E-state index is 12.1.